The lowest BCUT2D eigenvalue weighted by molar-refractivity contribution is -0.136. The fourth-order valence-electron chi connectivity index (χ4n) is 1.66. The van der Waals surface area contributed by atoms with Gasteiger partial charge in [0.25, 0.3) is 0 Å². The van der Waals surface area contributed by atoms with Gasteiger partial charge in [0.05, 0.1) is 5.56 Å². The molecule has 0 aromatic heterocycles. The summed E-state index contributed by atoms with van der Waals surface area (Å²) in [7, 11) is 0. The van der Waals surface area contributed by atoms with Crippen LogP contribution in [0.15, 0.2) is 18.2 Å². The van der Waals surface area contributed by atoms with Gasteiger partial charge in [-0.3, -0.25) is 0 Å². The van der Waals surface area contributed by atoms with Gasteiger partial charge in [-0.25, -0.2) is 0 Å². The Morgan fingerprint density at radius 3 is 2.39 bits per heavy atom. The second-order valence-electron chi connectivity index (χ2n) is 4.62. The minimum atomic E-state index is -4.40. The number of hydrogen-bond donors (Lipinski definition) is 2. The van der Waals surface area contributed by atoms with Crippen molar-refractivity contribution in [1.29, 1.82) is 0 Å². The number of nitrogen functional groups attached to an aromatic ring is 1. The molecule has 18 heavy (non-hydrogen) atoms. The van der Waals surface area contributed by atoms with Gasteiger partial charge in [0.2, 0.25) is 0 Å². The van der Waals surface area contributed by atoms with Crippen LogP contribution in [-0.2, 0) is 6.18 Å². The number of halogens is 3. The summed E-state index contributed by atoms with van der Waals surface area (Å²) < 4.78 is 38.6. The zero-order valence-electron chi connectivity index (χ0n) is 10.8. The van der Waals surface area contributed by atoms with Gasteiger partial charge in [-0.15, -0.1) is 0 Å². The van der Waals surface area contributed by atoms with E-state index in [-0.39, 0.29) is 17.4 Å². The van der Waals surface area contributed by atoms with Crippen LogP contribution in [0.3, 0.4) is 0 Å². The highest BCUT2D eigenvalue weighted by Gasteiger charge is 2.34. The molecule has 1 aromatic carbocycles. The van der Waals surface area contributed by atoms with E-state index in [1.807, 2.05) is 20.8 Å². The first-order chi connectivity index (χ1) is 8.25. The molecule has 0 saturated heterocycles. The first kappa shape index (κ1) is 14.7. The molecule has 0 bridgehead atoms. The van der Waals surface area contributed by atoms with Crippen LogP contribution >= 0.6 is 0 Å². The van der Waals surface area contributed by atoms with Crippen molar-refractivity contribution in [3.63, 3.8) is 0 Å². The number of hydrogen-bond acceptors (Lipinski definition) is 2. The highest BCUT2D eigenvalue weighted by atomic mass is 19.4. The van der Waals surface area contributed by atoms with E-state index in [9.17, 15) is 13.2 Å². The van der Waals surface area contributed by atoms with Crippen LogP contribution in [0, 0.1) is 5.92 Å². The molecule has 0 spiro atoms. The largest absolute Gasteiger partial charge is 0.418 e. The molecular formula is C13H19F3N2. The van der Waals surface area contributed by atoms with Gasteiger partial charge in [-0.1, -0.05) is 20.3 Å². The average molecular weight is 260 g/mol. The van der Waals surface area contributed by atoms with Crippen LogP contribution in [0.25, 0.3) is 0 Å². The predicted molar refractivity (Wildman–Crippen MR) is 68.4 cm³/mol. The van der Waals surface area contributed by atoms with E-state index in [2.05, 4.69) is 5.32 Å². The number of nitrogens with two attached hydrogens (primary N) is 1. The zero-order chi connectivity index (χ0) is 13.9. The van der Waals surface area contributed by atoms with Crippen molar-refractivity contribution in [2.45, 2.75) is 39.4 Å². The number of alkyl halides is 3. The lowest BCUT2D eigenvalue weighted by atomic mass is 10.00. The Hall–Kier alpha value is -1.39. The Kier molecular flexibility index (Phi) is 4.48. The molecule has 2 atom stereocenters. The van der Waals surface area contributed by atoms with E-state index < -0.39 is 11.7 Å². The second kappa shape index (κ2) is 5.50. The lowest BCUT2D eigenvalue weighted by Gasteiger charge is -2.23. The van der Waals surface area contributed by atoms with E-state index in [1.54, 1.807) is 0 Å². The summed E-state index contributed by atoms with van der Waals surface area (Å²) >= 11 is 0. The van der Waals surface area contributed by atoms with Crippen LogP contribution in [0.1, 0.15) is 32.8 Å². The minimum absolute atomic E-state index is 0.0280. The van der Waals surface area contributed by atoms with Crippen LogP contribution in [0.2, 0.25) is 0 Å². The van der Waals surface area contributed by atoms with E-state index in [0.717, 1.165) is 12.5 Å². The summed E-state index contributed by atoms with van der Waals surface area (Å²) in [6.45, 7) is 5.89. The normalized spacial score (nSPS) is 15.2. The van der Waals surface area contributed by atoms with E-state index >= 15 is 0 Å². The molecule has 102 valence electrons. The standard InChI is InChI=1S/C13H19F3N2/c1-4-8(2)9(3)18-12-6-5-10(17)7-11(12)13(14,15)16/h5-9,18H,4,17H2,1-3H3. The van der Waals surface area contributed by atoms with Gasteiger partial charge >= 0.3 is 6.18 Å². The van der Waals surface area contributed by atoms with Crippen molar-refractivity contribution in [1.82, 2.24) is 0 Å². The molecule has 3 N–H and O–H groups in total. The van der Waals surface area contributed by atoms with Crippen molar-refractivity contribution >= 4 is 11.4 Å². The zero-order valence-corrected chi connectivity index (χ0v) is 10.8. The summed E-state index contributed by atoms with van der Waals surface area (Å²) in [6, 6.07) is 3.79. The average Bonchev–Trinajstić information content (AvgIpc) is 2.28. The molecular weight excluding hydrogens is 241 g/mol. The van der Waals surface area contributed by atoms with Crippen molar-refractivity contribution in [3.8, 4) is 0 Å². The molecule has 0 saturated carbocycles. The number of anilines is 2. The Morgan fingerprint density at radius 1 is 1.28 bits per heavy atom. The summed E-state index contributed by atoms with van der Waals surface area (Å²) in [6.07, 6.45) is -3.49. The summed E-state index contributed by atoms with van der Waals surface area (Å²) in [5.41, 5.74) is 4.91. The smallest absolute Gasteiger partial charge is 0.399 e. The monoisotopic (exact) mass is 260 g/mol. The number of rotatable bonds is 4. The molecule has 2 nitrogen and oxygen atoms in total. The van der Waals surface area contributed by atoms with Crippen LogP contribution in [0.4, 0.5) is 24.5 Å². The fourth-order valence-corrected chi connectivity index (χ4v) is 1.66. The molecule has 2 unspecified atom stereocenters. The van der Waals surface area contributed by atoms with Crippen molar-refractivity contribution in [2.75, 3.05) is 11.1 Å². The first-order valence-corrected chi connectivity index (χ1v) is 5.99. The number of nitrogens with one attached hydrogen (secondary N) is 1. The molecule has 0 heterocycles. The quantitative estimate of drug-likeness (QED) is 0.799. The Balaban J connectivity index is 3.02. The molecule has 5 heteroatoms. The van der Waals surface area contributed by atoms with Crippen molar-refractivity contribution in [3.05, 3.63) is 23.8 Å². The SMILES string of the molecule is CCC(C)C(C)Nc1ccc(N)cc1C(F)(F)F. The molecule has 1 aromatic rings. The summed E-state index contributed by atoms with van der Waals surface area (Å²) in [4.78, 5) is 0. The van der Waals surface area contributed by atoms with Crippen LogP contribution < -0.4 is 11.1 Å². The third-order valence-corrected chi connectivity index (χ3v) is 3.23. The highest BCUT2D eigenvalue weighted by Crippen LogP contribution is 2.36. The third kappa shape index (κ3) is 3.55. The molecule has 0 aliphatic carbocycles. The predicted octanol–water partition coefficient (Wildman–Crippen LogP) is 4.13. The van der Waals surface area contributed by atoms with E-state index in [0.29, 0.717) is 5.92 Å². The fraction of sp³-hybridized carbons (Fsp3) is 0.538. The second-order valence-corrected chi connectivity index (χ2v) is 4.62. The van der Waals surface area contributed by atoms with Gasteiger partial charge in [0.1, 0.15) is 0 Å². The number of benzene rings is 1. The molecule has 0 amide bonds. The molecule has 0 aliphatic heterocycles. The molecule has 0 aliphatic rings. The molecule has 1 rings (SSSR count). The third-order valence-electron chi connectivity index (χ3n) is 3.23. The first-order valence-electron chi connectivity index (χ1n) is 5.99. The van der Waals surface area contributed by atoms with E-state index in [4.69, 9.17) is 5.73 Å². The topological polar surface area (TPSA) is 38.0 Å². The molecule has 0 fully saturated rings. The maximum Gasteiger partial charge on any atom is 0.418 e. The van der Waals surface area contributed by atoms with Gasteiger partial charge < -0.3 is 11.1 Å². The van der Waals surface area contributed by atoms with Gasteiger partial charge in [-0.05, 0) is 31.0 Å². The summed E-state index contributed by atoms with van der Waals surface area (Å²) in [5, 5.41) is 2.92. The van der Waals surface area contributed by atoms with Crippen molar-refractivity contribution in [2.24, 2.45) is 5.92 Å². The van der Waals surface area contributed by atoms with Crippen LogP contribution in [-0.4, -0.2) is 6.04 Å². The van der Waals surface area contributed by atoms with Gasteiger partial charge in [0, 0.05) is 17.4 Å². The summed E-state index contributed by atoms with van der Waals surface area (Å²) in [5.74, 6) is 0.295. The maximum absolute atomic E-state index is 12.9. The van der Waals surface area contributed by atoms with Gasteiger partial charge in [-0.2, -0.15) is 13.2 Å². The minimum Gasteiger partial charge on any atom is -0.399 e. The van der Waals surface area contributed by atoms with E-state index in [1.165, 1.54) is 12.1 Å². The Morgan fingerprint density at radius 2 is 1.89 bits per heavy atom. The molecule has 0 radical (unpaired) electrons. The van der Waals surface area contributed by atoms with Gasteiger partial charge in [0.15, 0.2) is 0 Å². The van der Waals surface area contributed by atoms with Crippen LogP contribution in [0.5, 0.6) is 0 Å². The maximum atomic E-state index is 12.9. The highest BCUT2D eigenvalue weighted by molar-refractivity contribution is 5.59. The Bertz CT molecular complexity index is 402. The van der Waals surface area contributed by atoms with Crippen molar-refractivity contribution < 1.29 is 13.2 Å². The Labute approximate surface area is 105 Å². The lowest BCUT2D eigenvalue weighted by Crippen LogP contribution is -2.25.